The molecular weight excluding hydrogens is 284 g/mol. The van der Waals surface area contributed by atoms with Crippen LogP contribution in [0, 0.1) is 6.92 Å². The molecule has 2 rings (SSSR count). The summed E-state index contributed by atoms with van der Waals surface area (Å²) >= 11 is 0. The highest BCUT2D eigenvalue weighted by Crippen LogP contribution is 2.15. The van der Waals surface area contributed by atoms with E-state index in [-0.39, 0.29) is 12.6 Å². The number of urea groups is 1. The predicted molar refractivity (Wildman–Crippen MR) is 81.7 cm³/mol. The normalized spacial score (nSPS) is 11.7. The van der Waals surface area contributed by atoms with Crippen molar-refractivity contribution in [2.45, 2.75) is 13.0 Å². The lowest BCUT2D eigenvalue weighted by atomic mass is 10.2. The minimum absolute atomic E-state index is 0.0813. The number of carbonyl (C=O) groups excluding carboxylic acids is 1. The summed E-state index contributed by atoms with van der Waals surface area (Å²) < 4.78 is 10.6. The number of nitrogens with one attached hydrogen (secondary N) is 2. The first-order valence-electron chi connectivity index (χ1n) is 7.08. The number of para-hydroxylation sites is 1. The van der Waals surface area contributed by atoms with Crippen molar-refractivity contribution in [2.75, 3.05) is 19.7 Å². The van der Waals surface area contributed by atoms with Gasteiger partial charge in [-0.15, -0.1) is 0 Å². The Bertz CT molecular complexity index is 584. The number of rotatable bonds is 7. The van der Waals surface area contributed by atoms with Crippen molar-refractivity contribution in [1.82, 2.24) is 10.6 Å². The van der Waals surface area contributed by atoms with Crippen LogP contribution in [0.25, 0.3) is 0 Å². The average Bonchev–Trinajstić information content (AvgIpc) is 3.05. The van der Waals surface area contributed by atoms with Crippen molar-refractivity contribution in [3.05, 3.63) is 54.0 Å². The first-order valence-corrected chi connectivity index (χ1v) is 7.08. The van der Waals surface area contributed by atoms with E-state index in [4.69, 9.17) is 9.15 Å². The molecule has 0 fully saturated rings. The summed E-state index contributed by atoms with van der Waals surface area (Å²) in [6, 6.07) is 10.7. The van der Waals surface area contributed by atoms with E-state index in [0.29, 0.717) is 18.9 Å². The molecule has 22 heavy (non-hydrogen) atoms. The minimum Gasteiger partial charge on any atom is -0.491 e. The number of amides is 2. The molecule has 2 amide bonds. The zero-order chi connectivity index (χ0) is 15.8. The van der Waals surface area contributed by atoms with Gasteiger partial charge in [0, 0.05) is 0 Å². The fraction of sp³-hybridized carbons (Fsp3) is 0.312. The van der Waals surface area contributed by atoms with Crippen LogP contribution in [-0.2, 0) is 0 Å². The molecule has 0 bridgehead atoms. The Morgan fingerprint density at radius 2 is 2.09 bits per heavy atom. The van der Waals surface area contributed by atoms with Crippen molar-refractivity contribution in [3.63, 3.8) is 0 Å². The third kappa shape index (κ3) is 4.82. The van der Waals surface area contributed by atoms with Crippen molar-refractivity contribution in [3.8, 4) is 5.75 Å². The van der Waals surface area contributed by atoms with E-state index in [1.54, 1.807) is 12.1 Å². The van der Waals surface area contributed by atoms with Gasteiger partial charge in [0.2, 0.25) is 0 Å². The second kappa shape index (κ2) is 8.09. The van der Waals surface area contributed by atoms with Crippen LogP contribution in [0.15, 0.2) is 47.1 Å². The average molecular weight is 304 g/mol. The molecule has 0 spiro atoms. The van der Waals surface area contributed by atoms with E-state index < -0.39 is 6.10 Å². The maximum absolute atomic E-state index is 11.6. The highest BCUT2D eigenvalue weighted by atomic mass is 16.5. The zero-order valence-corrected chi connectivity index (χ0v) is 12.4. The molecule has 6 heteroatoms. The van der Waals surface area contributed by atoms with Crippen LogP contribution in [0.1, 0.15) is 17.4 Å². The lowest BCUT2D eigenvalue weighted by molar-refractivity contribution is 0.147. The second-order valence-electron chi connectivity index (χ2n) is 4.78. The van der Waals surface area contributed by atoms with Crippen molar-refractivity contribution >= 4 is 6.03 Å². The molecule has 1 aromatic carbocycles. The summed E-state index contributed by atoms with van der Waals surface area (Å²) in [6.07, 6.45) is 0.616. The SMILES string of the molecule is Cc1ccccc1OCCNC(=O)NCC(O)c1ccco1. The molecule has 1 atom stereocenters. The number of carbonyl (C=O) groups is 1. The van der Waals surface area contributed by atoms with E-state index in [0.717, 1.165) is 11.3 Å². The largest absolute Gasteiger partial charge is 0.491 e. The summed E-state index contributed by atoms with van der Waals surface area (Å²) in [7, 11) is 0. The van der Waals surface area contributed by atoms with Crippen molar-refractivity contribution < 1.29 is 19.1 Å². The monoisotopic (exact) mass is 304 g/mol. The summed E-state index contributed by atoms with van der Waals surface area (Å²) in [6.45, 7) is 2.79. The van der Waals surface area contributed by atoms with Gasteiger partial charge in [-0.25, -0.2) is 4.79 Å². The maximum Gasteiger partial charge on any atom is 0.315 e. The fourth-order valence-corrected chi connectivity index (χ4v) is 1.88. The van der Waals surface area contributed by atoms with Crippen LogP contribution in [0.5, 0.6) is 5.75 Å². The predicted octanol–water partition coefficient (Wildman–Crippen LogP) is 2.00. The number of aliphatic hydroxyl groups is 1. The van der Waals surface area contributed by atoms with Crippen LogP contribution in [0.2, 0.25) is 0 Å². The van der Waals surface area contributed by atoms with E-state index >= 15 is 0 Å². The van der Waals surface area contributed by atoms with Crippen LogP contribution in [0.4, 0.5) is 4.79 Å². The maximum atomic E-state index is 11.6. The van der Waals surface area contributed by atoms with Gasteiger partial charge >= 0.3 is 6.03 Å². The Balaban J connectivity index is 1.61. The van der Waals surface area contributed by atoms with E-state index in [2.05, 4.69) is 10.6 Å². The molecular formula is C16H20N2O4. The molecule has 6 nitrogen and oxygen atoms in total. The van der Waals surface area contributed by atoms with Crippen LogP contribution in [-0.4, -0.2) is 30.8 Å². The number of benzene rings is 1. The second-order valence-corrected chi connectivity index (χ2v) is 4.78. The lowest BCUT2D eigenvalue weighted by Crippen LogP contribution is -2.39. The molecule has 1 unspecified atom stereocenters. The number of hydrogen-bond acceptors (Lipinski definition) is 4. The molecule has 118 valence electrons. The molecule has 0 saturated heterocycles. The number of furan rings is 1. The number of aryl methyl sites for hydroxylation is 1. The van der Waals surface area contributed by atoms with E-state index in [1.165, 1.54) is 6.26 Å². The van der Waals surface area contributed by atoms with Gasteiger partial charge in [0.05, 0.1) is 19.4 Å². The minimum atomic E-state index is -0.857. The Kier molecular flexibility index (Phi) is 5.85. The van der Waals surface area contributed by atoms with Crippen LogP contribution < -0.4 is 15.4 Å². The van der Waals surface area contributed by atoms with Gasteiger partial charge in [0.15, 0.2) is 0 Å². The quantitative estimate of drug-likeness (QED) is 0.683. The standard InChI is InChI=1S/C16H20N2O4/c1-12-5-2-3-6-14(12)22-10-8-17-16(20)18-11-13(19)15-7-4-9-21-15/h2-7,9,13,19H,8,10-11H2,1H3,(H2,17,18,20). The Morgan fingerprint density at radius 3 is 2.82 bits per heavy atom. The van der Waals surface area contributed by atoms with Crippen LogP contribution >= 0.6 is 0 Å². The topological polar surface area (TPSA) is 83.7 Å². The van der Waals surface area contributed by atoms with Crippen molar-refractivity contribution in [1.29, 1.82) is 0 Å². The Hall–Kier alpha value is -2.47. The number of aliphatic hydroxyl groups excluding tert-OH is 1. The van der Waals surface area contributed by atoms with Crippen molar-refractivity contribution in [2.24, 2.45) is 0 Å². The lowest BCUT2D eigenvalue weighted by Gasteiger charge is -2.12. The number of ether oxygens (including phenoxy) is 1. The summed E-state index contributed by atoms with van der Waals surface area (Å²) in [5.41, 5.74) is 1.05. The molecule has 1 heterocycles. The van der Waals surface area contributed by atoms with Gasteiger partial charge in [-0.1, -0.05) is 18.2 Å². The highest BCUT2D eigenvalue weighted by Gasteiger charge is 2.11. The molecule has 0 radical (unpaired) electrons. The van der Waals surface area contributed by atoms with Gasteiger partial charge in [0.1, 0.15) is 24.2 Å². The zero-order valence-electron chi connectivity index (χ0n) is 12.4. The Labute approximate surface area is 129 Å². The molecule has 0 aliphatic rings. The Morgan fingerprint density at radius 1 is 1.27 bits per heavy atom. The molecule has 0 saturated carbocycles. The summed E-state index contributed by atoms with van der Waals surface area (Å²) in [5.74, 6) is 1.22. The first-order chi connectivity index (χ1) is 10.7. The summed E-state index contributed by atoms with van der Waals surface area (Å²) in [5, 5.41) is 15.0. The van der Waals surface area contributed by atoms with Gasteiger partial charge in [-0.05, 0) is 30.7 Å². The molecule has 2 aromatic rings. The van der Waals surface area contributed by atoms with E-state index in [1.807, 2.05) is 31.2 Å². The highest BCUT2D eigenvalue weighted by molar-refractivity contribution is 5.73. The van der Waals surface area contributed by atoms with E-state index in [9.17, 15) is 9.90 Å². The van der Waals surface area contributed by atoms with Gasteiger partial charge in [-0.2, -0.15) is 0 Å². The molecule has 1 aromatic heterocycles. The summed E-state index contributed by atoms with van der Waals surface area (Å²) in [4.78, 5) is 11.6. The third-order valence-corrected chi connectivity index (χ3v) is 3.07. The van der Waals surface area contributed by atoms with Gasteiger partial charge < -0.3 is 24.9 Å². The third-order valence-electron chi connectivity index (χ3n) is 3.07. The fourth-order valence-electron chi connectivity index (χ4n) is 1.88. The first kappa shape index (κ1) is 15.9. The van der Waals surface area contributed by atoms with Gasteiger partial charge in [-0.3, -0.25) is 0 Å². The number of hydrogen-bond donors (Lipinski definition) is 3. The molecule has 0 aliphatic heterocycles. The van der Waals surface area contributed by atoms with Crippen LogP contribution in [0.3, 0.4) is 0 Å². The van der Waals surface area contributed by atoms with Gasteiger partial charge in [0.25, 0.3) is 0 Å². The molecule has 0 aliphatic carbocycles. The molecule has 3 N–H and O–H groups in total. The smallest absolute Gasteiger partial charge is 0.315 e.